The highest BCUT2D eigenvalue weighted by Gasteiger charge is 2.32. The Hall–Kier alpha value is -0.200. The summed E-state index contributed by atoms with van der Waals surface area (Å²) >= 11 is 12.0. The first kappa shape index (κ1) is 16.2. The lowest BCUT2D eigenvalue weighted by Crippen LogP contribution is -2.47. The van der Waals surface area contributed by atoms with Gasteiger partial charge in [0.05, 0.1) is 16.6 Å². The molecule has 0 aromatic heterocycles. The van der Waals surface area contributed by atoms with E-state index in [1.54, 1.807) is 0 Å². The minimum absolute atomic E-state index is 0. The molecule has 1 aromatic rings. The van der Waals surface area contributed by atoms with E-state index in [2.05, 4.69) is 28.3 Å². The fourth-order valence-electron chi connectivity index (χ4n) is 2.65. The fraction of sp³-hybridized carbons (Fsp3) is 0.500. The number of rotatable bonds is 2. The van der Waals surface area contributed by atoms with Crippen LogP contribution in [-0.4, -0.2) is 37.0 Å². The molecule has 1 aliphatic carbocycles. The minimum Gasteiger partial charge on any atom is -0.353 e. The van der Waals surface area contributed by atoms with Gasteiger partial charge in [0.1, 0.15) is 0 Å². The number of aliphatic imine (C=N–C) groups is 1. The number of guanidine groups is 1. The smallest absolute Gasteiger partial charge is 0.194 e. The molecule has 2 aliphatic rings. The van der Waals surface area contributed by atoms with Gasteiger partial charge in [-0.2, -0.15) is 0 Å². The first-order chi connectivity index (χ1) is 9.13. The summed E-state index contributed by atoms with van der Waals surface area (Å²) < 4.78 is 0. The molecule has 1 aromatic carbocycles. The molecule has 20 heavy (non-hydrogen) atoms. The number of halogens is 3. The van der Waals surface area contributed by atoms with Gasteiger partial charge in [-0.25, -0.2) is 0 Å². The normalized spacial score (nSPS) is 24.8. The highest BCUT2D eigenvalue weighted by molar-refractivity contribution is 14.0. The molecule has 1 saturated carbocycles. The van der Waals surface area contributed by atoms with Crippen LogP contribution in [0.5, 0.6) is 0 Å². The number of benzene rings is 1. The third kappa shape index (κ3) is 3.34. The molecule has 0 unspecified atom stereocenters. The van der Waals surface area contributed by atoms with Crippen molar-refractivity contribution in [3.05, 3.63) is 33.8 Å². The zero-order chi connectivity index (χ0) is 13.4. The summed E-state index contributed by atoms with van der Waals surface area (Å²) in [7, 11) is 2.08. The molecule has 3 nitrogen and oxygen atoms in total. The Morgan fingerprint density at radius 3 is 2.60 bits per heavy atom. The summed E-state index contributed by atoms with van der Waals surface area (Å²) in [5.74, 6) is 1.62. The predicted octanol–water partition coefficient (Wildman–Crippen LogP) is 3.75. The number of nitrogens with one attached hydrogen (secondary N) is 1. The van der Waals surface area contributed by atoms with Gasteiger partial charge in [-0.15, -0.1) is 24.0 Å². The van der Waals surface area contributed by atoms with Crippen LogP contribution in [0.15, 0.2) is 23.2 Å². The lowest BCUT2D eigenvalue weighted by atomic mass is 9.76. The van der Waals surface area contributed by atoms with Gasteiger partial charge in [-0.1, -0.05) is 29.3 Å². The summed E-state index contributed by atoms with van der Waals surface area (Å²) in [6.07, 6.45) is 2.26. The maximum Gasteiger partial charge on any atom is 0.194 e. The summed E-state index contributed by atoms with van der Waals surface area (Å²) in [5.41, 5.74) is 1.29. The highest BCUT2D eigenvalue weighted by Crippen LogP contribution is 2.39. The van der Waals surface area contributed by atoms with Crippen molar-refractivity contribution in [1.82, 2.24) is 10.2 Å². The number of hydrogen-bond donors (Lipinski definition) is 1. The average molecular weight is 426 g/mol. The van der Waals surface area contributed by atoms with Gasteiger partial charge in [-0.05, 0) is 36.5 Å². The molecule has 0 spiro atoms. The maximum absolute atomic E-state index is 6.06. The Bertz CT molecular complexity index is 515. The molecule has 0 atom stereocenters. The van der Waals surface area contributed by atoms with E-state index in [0.29, 0.717) is 22.0 Å². The Balaban J connectivity index is 0.00000147. The van der Waals surface area contributed by atoms with Crippen LogP contribution in [0.25, 0.3) is 0 Å². The number of hydrogen-bond acceptors (Lipinski definition) is 3. The molecule has 0 bridgehead atoms. The lowest BCUT2D eigenvalue weighted by Gasteiger charge is -2.37. The van der Waals surface area contributed by atoms with Crippen molar-refractivity contribution in [3.8, 4) is 0 Å². The van der Waals surface area contributed by atoms with Crippen LogP contribution in [0.1, 0.15) is 24.3 Å². The van der Waals surface area contributed by atoms with E-state index in [1.165, 1.54) is 5.56 Å². The average Bonchev–Trinajstić information content (AvgIpc) is 2.73. The zero-order valence-corrected chi connectivity index (χ0v) is 15.1. The van der Waals surface area contributed by atoms with Crippen molar-refractivity contribution in [2.45, 2.75) is 24.8 Å². The third-order valence-corrected chi connectivity index (χ3v) is 4.68. The van der Waals surface area contributed by atoms with Crippen LogP contribution >= 0.6 is 47.2 Å². The van der Waals surface area contributed by atoms with Crippen LogP contribution < -0.4 is 5.32 Å². The minimum atomic E-state index is 0. The first-order valence-corrected chi connectivity index (χ1v) is 7.36. The Morgan fingerprint density at radius 2 is 2.00 bits per heavy atom. The molecular weight excluding hydrogens is 408 g/mol. The molecule has 1 aliphatic heterocycles. The van der Waals surface area contributed by atoms with E-state index >= 15 is 0 Å². The lowest BCUT2D eigenvalue weighted by molar-refractivity contribution is 0.316. The van der Waals surface area contributed by atoms with Crippen LogP contribution in [0.3, 0.4) is 0 Å². The third-order valence-electron chi connectivity index (χ3n) is 3.94. The van der Waals surface area contributed by atoms with Crippen LogP contribution in [0, 0.1) is 0 Å². The summed E-state index contributed by atoms with van der Waals surface area (Å²) in [6.45, 7) is 1.92. The van der Waals surface area contributed by atoms with Gasteiger partial charge < -0.3 is 10.2 Å². The second-order valence-corrected chi connectivity index (χ2v) is 6.12. The number of likely N-dealkylation sites (N-methyl/N-ethyl adjacent to an activating group) is 1. The quantitative estimate of drug-likeness (QED) is 0.730. The number of nitrogens with zero attached hydrogens (tertiary/aromatic N) is 2. The Kier molecular flexibility index (Phi) is 5.42. The Morgan fingerprint density at radius 1 is 1.25 bits per heavy atom. The van der Waals surface area contributed by atoms with Gasteiger partial charge in [0.25, 0.3) is 0 Å². The molecule has 110 valence electrons. The molecule has 0 amide bonds. The Labute approximate surface area is 146 Å². The van der Waals surface area contributed by atoms with Gasteiger partial charge in [0, 0.05) is 19.6 Å². The van der Waals surface area contributed by atoms with Crippen molar-refractivity contribution in [1.29, 1.82) is 0 Å². The van der Waals surface area contributed by atoms with E-state index in [1.807, 2.05) is 12.1 Å². The molecule has 1 heterocycles. The van der Waals surface area contributed by atoms with Crippen LogP contribution in [0.4, 0.5) is 0 Å². The highest BCUT2D eigenvalue weighted by atomic mass is 127. The largest absolute Gasteiger partial charge is 0.353 e. The zero-order valence-electron chi connectivity index (χ0n) is 11.3. The van der Waals surface area contributed by atoms with Gasteiger partial charge in [0.2, 0.25) is 0 Å². The topological polar surface area (TPSA) is 27.6 Å². The molecule has 1 fully saturated rings. The molecule has 6 heteroatoms. The van der Waals surface area contributed by atoms with Crippen molar-refractivity contribution in [2.24, 2.45) is 4.99 Å². The van der Waals surface area contributed by atoms with Crippen molar-refractivity contribution >= 4 is 53.1 Å². The first-order valence-electron chi connectivity index (χ1n) is 6.60. The van der Waals surface area contributed by atoms with Crippen LogP contribution in [-0.2, 0) is 0 Å². The monoisotopic (exact) mass is 425 g/mol. The SMILES string of the molecule is CN1CCN=C1NC1CC(c2ccc(Cl)c(Cl)c2)C1.I. The second kappa shape index (κ2) is 6.71. The molecular formula is C14H18Cl2IN3. The van der Waals surface area contributed by atoms with Crippen LogP contribution in [0.2, 0.25) is 10.0 Å². The van der Waals surface area contributed by atoms with E-state index in [0.717, 1.165) is 31.9 Å². The fourth-order valence-corrected chi connectivity index (χ4v) is 2.95. The van der Waals surface area contributed by atoms with Crippen molar-refractivity contribution in [3.63, 3.8) is 0 Å². The summed E-state index contributed by atoms with van der Waals surface area (Å²) in [6, 6.07) is 6.48. The van der Waals surface area contributed by atoms with E-state index in [-0.39, 0.29) is 24.0 Å². The van der Waals surface area contributed by atoms with E-state index in [4.69, 9.17) is 23.2 Å². The standard InChI is InChI=1S/C14H17Cl2N3.HI/c1-19-5-4-17-14(19)18-11-6-10(7-11)9-2-3-12(15)13(16)8-9;/h2-3,8,10-11H,4-7H2,1H3,(H,17,18);1H. The predicted molar refractivity (Wildman–Crippen MR) is 95.7 cm³/mol. The van der Waals surface area contributed by atoms with E-state index in [9.17, 15) is 0 Å². The maximum atomic E-state index is 6.06. The summed E-state index contributed by atoms with van der Waals surface area (Å²) in [5, 5.41) is 4.78. The van der Waals surface area contributed by atoms with Gasteiger partial charge in [0.15, 0.2) is 5.96 Å². The van der Waals surface area contributed by atoms with Crippen molar-refractivity contribution in [2.75, 3.05) is 20.1 Å². The van der Waals surface area contributed by atoms with Gasteiger partial charge >= 0.3 is 0 Å². The molecule has 0 saturated heterocycles. The molecule has 3 rings (SSSR count). The summed E-state index contributed by atoms with van der Waals surface area (Å²) in [4.78, 5) is 6.63. The van der Waals surface area contributed by atoms with Gasteiger partial charge in [-0.3, -0.25) is 4.99 Å². The van der Waals surface area contributed by atoms with E-state index < -0.39 is 0 Å². The molecule has 0 radical (unpaired) electrons. The van der Waals surface area contributed by atoms with Crippen molar-refractivity contribution < 1.29 is 0 Å². The molecule has 1 N–H and O–H groups in total. The second-order valence-electron chi connectivity index (χ2n) is 5.31.